The van der Waals surface area contributed by atoms with Crippen molar-refractivity contribution in [3.05, 3.63) is 24.3 Å². The fraction of sp³-hybridized carbons (Fsp3) is 0.556. The lowest BCUT2D eigenvalue weighted by Gasteiger charge is -1.99. The SMILES string of the molecule is CCOCCCc1ncccn1. The molecule has 0 aliphatic heterocycles. The van der Waals surface area contributed by atoms with E-state index in [9.17, 15) is 0 Å². The molecule has 0 N–H and O–H groups in total. The lowest BCUT2D eigenvalue weighted by molar-refractivity contribution is 0.145. The van der Waals surface area contributed by atoms with E-state index in [2.05, 4.69) is 9.97 Å². The van der Waals surface area contributed by atoms with Crippen LogP contribution in [0, 0.1) is 0 Å². The molecule has 66 valence electrons. The molecule has 0 saturated carbocycles. The molecule has 12 heavy (non-hydrogen) atoms. The Labute approximate surface area is 72.8 Å². The third-order valence-corrected chi connectivity index (χ3v) is 1.51. The Morgan fingerprint density at radius 3 is 2.75 bits per heavy atom. The summed E-state index contributed by atoms with van der Waals surface area (Å²) in [6.45, 7) is 3.59. The Hall–Kier alpha value is -0.960. The summed E-state index contributed by atoms with van der Waals surface area (Å²) >= 11 is 0. The van der Waals surface area contributed by atoms with Crippen molar-refractivity contribution in [1.29, 1.82) is 0 Å². The molecule has 0 unspecified atom stereocenters. The summed E-state index contributed by atoms with van der Waals surface area (Å²) in [4.78, 5) is 8.22. The molecule has 0 aliphatic rings. The maximum atomic E-state index is 5.20. The molecule has 1 rings (SSSR count). The van der Waals surface area contributed by atoms with Gasteiger partial charge in [0.1, 0.15) is 5.82 Å². The number of aromatic nitrogens is 2. The van der Waals surface area contributed by atoms with E-state index in [-0.39, 0.29) is 0 Å². The molecule has 1 heterocycles. The van der Waals surface area contributed by atoms with Crippen LogP contribution in [0.15, 0.2) is 18.5 Å². The third-order valence-electron chi connectivity index (χ3n) is 1.51. The Morgan fingerprint density at radius 1 is 1.33 bits per heavy atom. The Morgan fingerprint density at radius 2 is 2.08 bits per heavy atom. The first-order valence-corrected chi connectivity index (χ1v) is 4.27. The maximum absolute atomic E-state index is 5.20. The van der Waals surface area contributed by atoms with Gasteiger partial charge < -0.3 is 4.74 Å². The molecule has 0 radical (unpaired) electrons. The van der Waals surface area contributed by atoms with Gasteiger partial charge in [0.05, 0.1) is 0 Å². The van der Waals surface area contributed by atoms with Crippen LogP contribution in [0.5, 0.6) is 0 Å². The second kappa shape index (κ2) is 5.66. The summed E-state index contributed by atoms with van der Waals surface area (Å²) in [5, 5.41) is 0. The monoisotopic (exact) mass is 166 g/mol. The predicted octanol–water partition coefficient (Wildman–Crippen LogP) is 1.45. The first kappa shape index (κ1) is 9.13. The molecule has 0 amide bonds. The van der Waals surface area contributed by atoms with E-state index in [1.165, 1.54) is 0 Å². The summed E-state index contributed by atoms with van der Waals surface area (Å²) in [6.07, 6.45) is 5.44. The smallest absolute Gasteiger partial charge is 0.128 e. The molecule has 3 nitrogen and oxygen atoms in total. The van der Waals surface area contributed by atoms with E-state index in [4.69, 9.17) is 4.74 Å². The second-order valence-corrected chi connectivity index (χ2v) is 2.47. The van der Waals surface area contributed by atoms with Gasteiger partial charge in [0.2, 0.25) is 0 Å². The van der Waals surface area contributed by atoms with E-state index < -0.39 is 0 Å². The Kier molecular flexibility index (Phi) is 4.31. The van der Waals surface area contributed by atoms with Crippen LogP contribution in [-0.4, -0.2) is 23.2 Å². The molecule has 1 aromatic rings. The van der Waals surface area contributed by atoms with Crippen molar-refractivity contribution in [3.63, 3.8) is 0 Å². The molecule has 0 fully saturated rings. The van der Waals surface area contributed by atoms with Gasteiger partial charge in [0.15, 0.2) is 0 Å². The van der Waals surface area contributed by atoms with Gasteiger partial charge in [-0.25, -0.2) is 9.97 Å². The number of hydrogen-bond donors (Lipinski definition) is 0. The first-order valence-electron chi connectivity index (χ1n) is 4.27. The molecule has 0 bridgehead atoms. The van der Waals surface area contributed by atoms with Gasteiger partial charge in [-0.2, -0.15) is 0 Å². The fourth-order valence-electron chi connectivity index (χ4n) is 0.936. The highest BCUT2D eigenvalue weighted by Gasteiger charge is 1.93. The molecule has 0 aliphatic carbocycles. The van der Waals surface area contributed by atoms with Crippen molar-refractivity contribution in [2.24, 2.45) is 0 Å². The van der Waals surface area contributed by atoms with Gasteiger partial charge >= 0.3 is 0 Å². The minimum absolute atomic E-state index is 0.787. The molecular formula is C9H14N2O. The summed E-state index contributed by atoms with van der Waals surface area (Å²) in [7, 11) is 0. The van der Waals surface area contributed by atoms with Crippen LogP contribution in [0.4, 0.5) is 0 Å². The van der Waals surface area contributed by atoms with Crippen molar-refractivity contribution in [2.75, 3.05) is 13.2 Å². The summed E-state index contributed by atoms with van der Waals surface area (Å²) in [5.41, 5.74) is 0. The Balaban J connectivity index is 2.16. The minimum atomic E-state index is 0.787. The van der Waals surface area contributed by atoms with E-state index in [1.54, 1.807) is 12.4 Å². The zero-order chi connectivity index (χ0) is 8.65. The van der Waals surface area contributed by atoms with Crippen molar-refractivity contribution >= 4 is 0 Å². The van der Waals surface area contributed by atoms with Crippen LogP contribution >= 0.6 is 0 Å². The normalized spacial score (nSPS) is 10.1. The zero-order valence-corrected chi connectivity index (χ0v) is 7.36. The van der Waals surface area contributed by atoms with Crippen LogP contribution in [0.2, 0.25) is 0 Å². The van der Waals surface area contributed by atoms with Crippen molar-refractivity contribution in [3.8, 4) is 0 Å². The number of ether oxygens (including phenoxy) is 1. The summed E-state index contributed by atoms with van der Waals surface area (Å²) in [6, 6.07) is 1.83. The highest BCUT2D eigenvalue weighted by atomic mass is 16.5. The third kappa shape index (κ3) is 3.44. The number of rotatable bonds is 5. The van der Waals surface area contributed by atoms with Gasteiger partial charge in [-0.3, -0.25) is 0 Å². The van der Waals surface area contributed by atoms with Crippen LogP contribution in [-0.2, 0) is 11.2 Å². The molecule has 1 aromatic heterocycles. The fourth-order valence-corrected chi connectivity index (χ4v) is 0.936. The van der Waals surface area contributed by atoms with Crippen LogP contribution in [0.1, 0.15) is 19.2 Å². The molecule has 3 heteroatoms. The Bertz CT molecular complexity index is 201. The van der Waals surface area contributed by atoms with Crippen molar-refractivity contribution < 1.29 is 4.74 Å². The molecule has 0 atom stereocenters. The molecular weight excluding hydrogens is 152 g/mol. The van der Waals surface area contributed by atoms with Crippen LogP contribution < -0.4 is 0 Å². The zero-order valence-electron chi connectivity index (χ0n) is 7.36. The van der Waals surface area contributed by atoms with Crippen molar-refractivity contribution in [2.45, 2.75) is 19.8 Å². The molecule has 0 saturated heterocycles. The highest BCUT2D eigenvalue weighted by molar-refractivity contribution is 4.88. The largest absolute Gasteiger partial charge is 0.382 e. The topological polar surface area (TPSA) is 35.0 Å². The average molecular weight is 166 g/mol. The van der Waals surface area contributed by atoms with Crippen LogP contribution in [0.3, 0.4) is 0 Å². The average Bonchev–Trinajstić information content (AvgIpc) is 2.14. The van der Waals surface area contributed by atoms with Crippen molar-refractivity contribution in [1.82, 2.24) is 9.97 Å². The van der Waals surface area contributed by atoms with Gasteiger partial charge in [0, 0.05) is 32.0 Å². The predicted molar refractivity (Wildman–Crippen MR) is 46.8 cm³/mol. The van der Waals surface area contributed by atoms with Gasteiger partial charge in [-0.1, -0.05) is 0 Å². The second-order valence-electron chi connectivity index (χ2n) is 2.47. The highest BCUT2D eigenvalue weighted by Crippen LogP contribution is 1.94. The lowest BCUT2D eigenvalue weighted by Crippen LogP contribution is -1.98. The van der Waals surface area contributed by atoms with Gasteiger partial charge in [-0.15, -0.1) is 0 Å². The van der Waals surface area contributed by atoms with Gasteiger partial charge in [0.25, 0.3) is 0 Å². The standard InChI is InChI=1S/C9H14N2O/c1-2-12-8-3-5-9-10-6-4-7-11-9/h4,6-7H,2-3,5,8H2,1H3. The first-order chi connectivity index (χ1) is 5.93. The summed E-state index contributed by atoms with van der Waals surface area (Å²) < 4.78 is 5.20. The van der Waals surface area contributed by atoms with E-state index >= 15 is 0 Å². The molecule has 0 spiro atoms. The summed E-state index contributed by atoms with van der Waals surface area (Å²) in [5.74, 6) is 0.900. The van der Waals surface area contributed by atoms with E-state index in [0.29, 0.717) is 0 Å². The quantitative estimate of drug-likeness (QED) is 0.621. The maximum Gasteiger partial charge on any atom is 0.128 e. The number of nitrogens with zero attached hydrogens (tertiary/aromatic N) is 2. The van der Waals surface area contributed by atoms with E-state index in [1.807, 2.05) is 13.0 Å². The van der Waals surface area contributed by atoms with E-state index in [0.717, 1.165) is 31.9 Å². The lowest BCUT2D eigenvalue weighted by atomic mass is 10.3. The van der Waals surface area contributed by atoms with Gasteiger partial charge in [-0.05, 0) is 19.4 Å². The minimum Gasteiger partial charge on any atom is -0.382 e. The number of hydrogen-bond acceptors (Lipinski definition) is 3. The van der Waals surface area contributed by atoms with Crippen LogP contribution in [0.25, 0.3) is 0 Å². The molecule has 0 aromatic carbocycles. The number of aryl methyl sites for hydroxylation is 1.